The minimum atomic E-state index is -3.73. The van der Waals surface area contributed by atoms with E-state index in [4.69, 9.17) is 11.6 Å². The van der Waals surface area contributed by atoms with Crippen molar-refractivity contribution in [2.45, 2.75) is 11.8 Å². The highest BCUT2D eigenvalue weighted by atomic mass is 79.9. The Balaban J connectivity index is 2.36. The molecule has 0 unspecified atom stereocenters. The number of nitrogens with one attached hydrogen (secondary N) is 1. The van der Waals surface area contributed by atoms with Gasteiger partial charge in [0.05, 0.1) is 4.90 Å². The van der Waals surface area contributed by atoms with Crippen LogP contribution in [0.5, 0.6) is 0 Å². The van der Waals surface area contributed by atoms with Crippen LogP contribution >= 0.6 is 27.5 Å². The number of anilines is 1. The predicted octanol–water partition coefficient (Wildman–Crippen LogP) is 3.00. The van der Waals surface area contributed by atoms with Crippen LogP contribution in [0.3, 0.4) is 0 Å². The Bertz CT molecular complexity index is 701. The zero-order chi connectivity index (χ0) is 14.0. The van der Waals surface area contributed by atoms with E-state index in [1.165, 1.54) is 12.1 Å². The highest BCUT2D eigenvalue weighted by Gasteiger charge is 2.16. The lowest BCUT2D eigenvalue weighted by molar-refractivity contribution is 0.600. The lowest BCUT2D eigenvalue weighted by Gasteiger charge is -2.07. The normalized spacial score (nSPS) is 11.3. The molecule has 0 fully saturated rings. The minimum absolute atomic E-state index is 0.0509. The van der Waals surface area contributed by atoms with E-state index in [-0.39, 0.29) is 16.0 Å². The summed E-state index contributed by atoms with van der Waals surface area (Å²) in [5.74, 6) is -0.0509. The molecule has 1 aromatic heterocycles. The number of hydrogen-bond acceptors (Lipinski definition) is 4. The van der Waals surface area contributed by atoms with Gasteiger partial charge in [0.1, 0.15) is 5.15 Å². The Hall–Kier alpha value is -1.18. The second-order valence-electron chi connectivity index (χ2n) is 3.72. The summed E-state index contributed by atoms with van der Waals surface area (Å²) in [4.78, 5) is 7.90. The third kappa shape index (κ3) is 3.65. The molecule has 1 aromatic carbocycles. The number of rotatable bonds is 3. The number of nitrogens with zero attached hydrogens (tertiary/aromatic N) is 2. The van der Waals surface area contributed by atoms with Crippen LogP contribution in [0.25, 0.3) is 0 Å². The third-order valence-corrected chi connectivity index (χ3v) is 4.17. The molecule has 100 valence electrons. The molecule has 2 aromatic rings. The number of halogens is 2. The fraction of sp³-hybridized carbons (Fsp3) is 0.0909. The van der Waals surface area contributed by atoms with Gasteiger partial charge >= 0.3 is 0 Å². The van der Waals surface area contributed by atoms with E-state index in [0.717, 1.165) is 0 Å². The first-order valence-corrected chi connectivity index (χ1v) is 7.82. The average Bonchev–Trinajstić information content (AvgIpc) is 2.26. The Morgan fingerprint density at radius 3 is 2.63 bits per heavy atom. The van der Waals surface area contributed by atoms with Crippen molar-refractivity contribution in [3.05, 3.63) is 45.7 Å². The summed E-state index contributed by atoms with van der Waals surface area (Å²) in [6.45, 7) is 1.70. The standard InChI is InChI=1S/C11H9BrClN3O2S/c1-7-5-10(13)15-11(14-7)16-19(17,18)9-4-2-3-8(12)6-9/h2-6H,1H3,(H,14,15,16). The van der Waals surface area contributed by atoms with Crippen LogP contribution in [0, 0.1) is 6.92 Å². The molecule has 0 spiro atoms. The first-order valence-electron chi connectivity index (χ1n) is 5.16. The maximum Gasteiger partial charge on any atom is 0.264 e. The number of hydrogen-bond donors (Lipinski definition) is 1. The highest BCUT2D eigenvalue weighted by molar-refractivity contribution is 9.10. The van der Waals surface area contributed by atoms with E-state index in [9.17, 15) is 8.42 Å². The minimum Gasteiger partial charge on any atom is -0.247 e. The summed E-state index contributed by atoms with van der Waals surface area (Å²) in [6, 6.07) is 7.87. The van der Waals surface area contributed by atoms with Crippen LogP contribution in [0.1, 0.15) is 5.69 Å². The summed E-state index contributed by atoms with van der Waals surface area (Å²) in [6.07, 6.45) is 0. The number of aryl methyl sites for hydroxylation is 1. The van der Waals surface area contributed by atoms with Crippen molar-refractivity contribution in [1.29, 1.82) is 0 Å². The molecule has 0 atom stereocenters. The molecule has 0 aliphatic carbocycles. The van der Waals surface area contributed by atoms with Gasteiger partial charge in [0, 0.05) is 10.2 Å². The summed E-state index contributed by atoms with van der Waals surface area (Å²) in [5, 5.41) is 0.180. The molecule has 0 aliphatic heterocycles. The predicted molar refractivity (Wildman–Crippen MR) is 76.7 cm³/mol. The topological polar surface area (TPSA) is 72.0 Å². The summed E-state index contributed by atoms with van der Waals surface area (Å²) in [7, 11) is -3.73. The molecule has 2 rings (SSSR count). The molecule has 8 heteroatoms. The quantitative estimate of drug-likeness (QED) is 0.852. The third-order valence-electron chi connectivity index (χ3n) is 2.15. The zero-order valence-corrected chi connectivity index (χ0v) is 12.9. The van der Waals surface area contributed by atoms with Gasteiger partial charge in [-0.3, -0.25) is 0 Å². The van der Waals surface area contributed by atoms with E-state index >= 15 is 0 Å². The lowest BCUT2D eigenvalue weighted by atomic mass is 10.4. The molecule has 1 heterocycles. The van der Waals surface area contributed by atoms with Crippen molar-refractivity contribution in [1.82, 2.24) is 9.97 Å². The summed E-state index contributed by atoms with van der Waals surface area (Å²) < 4.78 is 27.2. The van der Waals surface area contributed by atoms with E-state index in [0.29, 0.717) is 10.2 Å². The molecule has 19 heavy (non-hydrogen) atoms. The molecule has 5 nitrogen and oxygen atoms in total. The van der Waals surface area contributed by atoms with Crippen molar-refractivity contribution in [2.75, 3.05) is 4.72 Å². The van der Waals surface area contributed by atoms with E-state index in [2.05, 4.69) is 30.6 Å². The smallest absolute Gasteiger partial charge is 0.247 e. The number of benzene rings is 1. The molecule has 0 saturated heterocycles. The Morgan fingerprint density at radius 1 is 1.26 bits per heavy atom. The monoisotopic (exact) mass is 361 g/mol. The maximum atomic E-state index is 12.1. The zero-order valence-electron chi connectivity index (χ0n) is 9.76. The van der Waals surface area contributed by atoms with E-state index in [1.54, 1.807) is 25.1 Å². The van der Waals surface area contributed by atoms with Gasteiger partial charge in [-0.25, -0.2) is 23.1 Å². The van der Waals surface area contributed by atoms with Crippen LogP contribution in [-0.2, 0) is 10.0 Å². The Morgan fingerprint density at radius 2 is 2.00 bits per heavy atom. The molecule has 0 amide bonds. The molecule has 1 N–H and O–H groups in total. The highest BCUT2D eigenvalue weighted by Crippen LogP contribution is 2.19. The van der Waals surface area contributed by atoms with E-state index < -0.39 is 10.0 Å². The Labute approximate surface area is 124 Å². The maximum absolute atomic E-state index is 12.1. The lowest BCUT2D eigenvalue weighted by Crippen LogP contribution is -2.15. The SMILES string of the molecule is Cc1cc(Cl)nc(NS(=O)(=O)c2cccc(Br)c2)n1. The fourth-order valence-electron chi connectivity index (χ4n) is 1.39. The van der Waals surface area contributed by atoms with Gasteiger partial charge in [-0.05, 0) is 31.2 Å². The van der Waals surface area contributed by atoms with Gasteiger partial charge in [0.25, 0.3) is 10.0 Å². The first kappa shape index (κ1) is 14.2. The molecule has 0 radical (unpaired) electrons. The van der Waals surface area contributed by atoms with Crippen LogP contribution < -0.4 is 4.72 Å². The van der Waals surface area contributed by atoms with Gasteiger partial charge in [-0.15, -0.1) is 0 Å². The van der Waals surface area contributed by atoms with Crippen molar-refractivity contribution in [2.24, 2.45) is 0 Å². The van der Waals surface area contributed by atoms with Crippen LogP contribution in [0.15, 0.2) is 39.7 Å². The van der Waals surface area contributed by atoms with Crippen molar-refractivity contribution in [3.8, 4) is 0 Å². The van der Waals surface area contributed by atoms with Crippen LogP contribution in [-0.4, -0.2) is 18.4 Å². The summed E-state index contributed by atoms with van der Waals surface area (Å²) >= 11 is 8.98. The van der Waals surface area contributed by atoms with E-state index in [1.807, 2.05) is 0 Å². The Kier molecular flexibility index (Phi) is 4.07. The second-order valence-corrected chi connectivity index (χ2v) is 6.70. The van der Waals surface area contributed by atoms with Crippen molar-refractivity contribution in [3.63, 3.8) is 0 Å². The molecular weight excluding hydrogens is 354 g/mol. The van der Waals surface area contributed by atoms with Gasteiger partial charge in [-0.2, -0.15) is 0 Å². The van der Waals surface area contributed by atoms with Crippen LogP contribution in [0.2, 0.25) is 5.15 Å². The van der Waals surface area contributed by atoms with Gasteiger partial charge in [-0.1, -0.05) is 33.6 Å². The molecule has 0 aliphatic rings. The van der Waals surface area contributed by atoms with Crippen LogP contribution in [0.4, 0.5) is 5.95 Å². The average molecular weight is 363 g/mol. The number of aromatic nitrogens is 2. The van der Waals surface area contributed by atoms with Gasteiger partial charge < -0.3 is 0 Å². The van der Waals surface area contributed by atoms with Crippen molar-refractivity contribution < 1.29 is 8.42 Å². The largest absolute Gasteiger partial charge is 0.264 e. The van der Waals surface area contributed by atoms with Crippen molar-refractivity contribution >= 4 is 43.5 Å². The van der Waals surface area contributed by atoms with Gasteiger partial charge in [0.15, 0.2) is 0 Å². The molecular formula is C11H9BrClN3O2S. The summed E-state index contributed by atoms with van der Waals surface area (Å²) in [5.41, 5.74) is 0.576. The number of sulfonamides is 1. The first-order chi connectivity index (χ1) is 8.87. The molecule has 0 bridgehead atoms. The van der Waals surface area contributed by atoms with Gasteiger partial charge in [0.2, 0.25) is 5.95 Å². The fourth-order valence-corrected chi connectivity index (χ4v) is 3.17. The second kappa shape index (κ2) is 5.44. The molecule has 0 saturated carbocycles.